The number of aromatic hydroxyl groups is 1. The smallest absolute Gasteiger partial charge is 0.312 e. The van der Waals surface area contributed by atoms with Crippen LogP contribution in [0.15, 0.2) is 60.7 Å². The Kier molecular flexibility index (Phi) is 7.43. The van der Waals surface area contributed by atoms with Crippen molar-refractivity contribution in [3.05, 3.63) is 71.8 Å². The summed E-state index contributed by atoms with van der Waals surface area (Å²) >= 11 is 0. The molecule has 5 atom stereocenters. The molecule has 5 unspecified atom stereocenters. The number of phenolic OH excluding ortho intramolecular Hbond substituents is 1. The Bertz CT molecular complexity index is 1110. The van der Waals surface area contributed by atoms with Gasteiger partial charge in [0.25, 0.3) is 0 Å². The number of hydrogen-bond acceptors (Lipinski definition) is 5. The number of nitrogens with one attached hydrogen (secondary N) is 1. The molecular formula is C27H30N2O5. The molecule has 1 aliphatic heterocycles. The predicted molar refractivity (Wildman–Crippen MR) is 128 cm³/mol. The van der Waals surface area contributed by atoms with Crippen molar-refractivity contribution in [2.24, 2.45) is 10.8 Å². The van der Waals surface area contributed by atoms with E-state index in [-0.39, 0.29) is 25.0 Å². The number of nitriles is 1. The van der Waals surface area contributed by atoms with Crippen LogP contribution in [0.25, 0.3) is 6.08 Å². The number of rotatable bonds is 8. The summed E-state index contributed by atoms with van der Waals surface area (Å²) in [6, 6.07) is 16.4. The number of allylic oxidation sites excluding steroid dienone is 1. The highest BCUT2D eigenvalue weighted by Gasteiger charge is 2.66. The molecule has 178 valence electrons. The maximum atomic E-state index is 13.1. The van der Waals surface area contributed by atoms with Gasteiger partial charge in [-0.05, 0) is 49.9 Å². The lowest BCUT2D eigenvalue weighted by atomic mass is 9.49. The average Bonchev–Trinajstić information content (AvgIpc) is 2.80. The van der Waals surface area contributed by atoms with Crippen molar-refractivity contribution in [1.82, 2.24) is 5.32 Å². The van der Waals surface area contributed by atoms with Gasteiger partial charge in [-0.15, -0.1) is 0 Å². The molecule has 0 spiro atoms. The molecule has 0 bridgehead atoms. The lowest BCUT2D eigenvalue weighted by Crippen LogP contribution is -2.69. The standard InChI is InChI=1S/C27H30N2O5/c1-18-26(24(31)32,14-7-11-20-9-4-3-5-10-20)23(21-12-6-13-22(30)17-21)27(25(33)34,15-8-16-28)19(2)29-18/h3-7,9-13,17-19,23,29-30H,8,14-15H2,1-2H3,(H,31,32)(H,33,34). The first kappa shape index (κ1) is 25.0. The fourth-order valence-electron chi connectivity index (χ4n) is 5.62. The van der Waals surface area contributed by atoms with Crippen molar-refractivity contribution in [3.8, 4) is 11.8 Å². The first-order valence-electron chi connectivity index (χ1n) is 11.3. The highest BCUT2D eigenvalue weighted by Crippen LogP contribution is 2.59. The van der Waals surface area contributed by atoms with E-state index in [2.05, 4.69) is 5.32 Å². The third kappa shape index (κ3) is 4.29. The minimum absolute atomic E-state index is 0.0303. The van der Waals surface area contributed by atoms with Gasteiger partial charge in [0.1, 0.15) is 5.75 Å². The van der Waals surface area contributed by atoms with Crippen LogP contribution in [0.5, 0.6) is 5.75 Å². The monoisotopic (exact) mass is 462 g/mol. The minimum Gasteiger partial charge on any atom is -0.508 e. The lowest BCUT2D eigenvalue weighted by molar-refractivity contribution is -0.172. The third-order valence-electron chi connectivity index (χ3n) is 7.29. The minimum atomic E-state index is -1.59. The zero-order chi connectivity index (χ0) is 24.9. The van der Waals surface area contributed by atoms with Crippen LogP contribution in [0.4, 0.5) is 0 Å². The van der Waals surface area contributed by atoms with Crippen molar-refractivity contribution in [3.63, 3.8) is 0 Å². The van der Waals surface area contributed by atoms with Crippen LogP contribution in [0.2, 0.25) is 0 Å². The van der Waals surface area contributed by atoms with E-state index in [0.29, 0.717) is 5.56 Å². The van der Waals surface area contributed by atoms with Crippen LogP contribution in [-0.2, 0) is 9.59 Å². The second kappa shape index (κ2) is 10.1. The molecule has 1 fully saturated rings. The Morgan fingerprint density at radius 2 is 1.68 bits per heavy atom. The Morgan fingerprint density at radius 3 is 2.26 bits per heavy atom. The van der Waals surface area contributed by atoms with Gasteiger partial charge in [-0.25, -0.2) is 0 Å². The molecule has 1 heterocycles. The molecule has 4 N–H and O–H groups in total. The van der Waals surface area contributed by atoms with Crippen molar-refractivity contribution in [2.75, 3.05) is 0 Å². The Balaban J connectivity index is 2.26. The fourth-order valence-corrected chi connectivity index (χ4v) is 5.62. The number of phenols is 1. The quantitative estimate of drug-likeness (QED) is 0.457. The summed E-state index contributed by atoms with van der Waals surface area (Å²) in [5, 5.41) is 44.0. The molecule has 1 saturated heterocycles. The van der Waals surface area contributed by atoms with Crippen molar-refractivity contribution >= 4 is 18.0 Å². The van der Waals surface area contributed by atoms with E-state index in [1.54, 1.807) is 32.1 Å². The van der Waals surface area contributed by atoms with Crippen LogP contribution >= 0.6 is 0 Å². The molecule has 0 amide bonds. The fraction of sp³-hybridized carbons (Fsp3) is 0.370. The number of carbonyl (C=O) groups is 2. The summed E-state index contributed by atoms with van der Waals surface area (Å²) < 4.78 is 0. The third-order valence-corrected chi connectivity index (χ3v) is 7.29. The maximum Gasteiger partial charge on any atom is 0.312 e. The van der Waals surface area contributed by atoms with Crippen LogP contribution in [0, 0.1) is 22.2 Å². The van der Waals surface area contributed by atoms with Gasteiger partial charge in [-0.3, -0.25) is 9.59 Å². The van der Waals surface area contributed by atoms with Gasteiger partial charge in [-0.1, -0.05) is 54.6 Å². The summed E-state index contributed by atoms with van der Waals surface area (Å²) in [5.41, 5.74) is -1.82. The number of benzene rings is 2. The molecule has 2 aromatic rings. The largest absolute Gasteiger partial charge is 0.508 e. The summed E-state index contributed by atoms with van der Waals surface area (Å²) in [6.45, 7) is 3.48. The number of carboxylic acid groups (broad SMARTS) is 2. The van der Waals surface area contributed by atoms with Gasteiger partial charge in [0, 0.05) is 24.4 Å². The molecule has 3 rings (SSSR count). The molecule has 7 nitrogen and oxygen atoms in total. The van der Waals surface area contributed by atoms with Gasteiger partial charge in [0.2, 0.25) is 0 Å². The van der Waals surface area contributed by atoms with Crippen LogP contribution < -0.4 is 5.32 Å². The number of piperidine rings is 1. The molecule has 0 aromatic heterocycles. The van der Waals surface area contributed by atoms with Crippen molar-refractivity contribution < 1.29 is 24.9 Å². The second-order valence-electron chi connectivity index (χ2n) is 9.00. The van der Waals surface area contributed by atoms with E-state index < -0.39 is 40.8 Å². The second-order valence-corrected chi connectivity index (χ2v) is 9.00. The van der Waals surface area contributed by atoms with Gasteiger partial charge in [0.05, 0.1) is 16.9 Å². The van der Waals surface area contributed by atoms with Crippen LogP contribution in [-0.4, -0.2) is 39.3 Å². The summed E-state index contributed by atoms with van der Waals surface area (Å²) in [4.78, 5) is 26.0. The zero-order valence-corrected chi connectivity index (χ0v) is 19.3. The van der Waals surface area contributed by atoms with E-state index in [1.165, 1.54) is 12.1 Å². The Hall–Kier alpha value is -3.63. The lowest BCUT2D eigenvalue weighted by Gasteiger charge is -2.57. The van der Waals surface area contributed by atoms with E-state index in [0.717, 1.165) is 5.56 Å². The van der Waals surface area contributed by atoms with Gasteiger partial charge in [0.15, 0.2) is 0 Å². The number of nitrogens with zero attached hydrogens (tertiary/aromatic N) is 1. The van der Waals surface area contributed by atoms with E-state index >= 15 is 0 Å². The first-order valence-corrected chi connectivity index (χ1v) is 11.3. The zero-order valence-electron chi connectivity index (χ0n) is 19.3. The number of hydrogen-bond donors (Lipinski definition) is 4. The first-order chi connectivity index (χ1) is 16.2. The molecule has 2 aromatic carbocycles. The SMILES string of the molecule is CC1NC(C)C(CCC#N)(C(=O)O)C(c2cccc(O)c2)C1(CC=Cc1ccccc1)C(=O)O. The van der Waals surface area contributed by atoms with Crippen molar-refractivity contribution in [2.45, 2.75) is 51.1 Å². The van der Waals surface area contributed by atoms with E-state index in [4.69, 9.17) is 0 Å². The highest BCUT2D eigenvalue weighted by atomic mass is 16.4. The number of carboxylic acids is 2. The molecule has 0 aliphatic carbocycles. The topological polar surface area (TPSA) is 131 Å². The predicted octanol–water partition coefficient (Wildman–Crippen LogP) is 4.41. The van der Waals surface area contributed by atoms with Crippen molar-refractivity contribution in [1.29, 1.82) is 5.26 Å². The van der Waals surface area contributed by atoms with E-state index in [9.17, 15) is 30.2 Å². The van der Waals surface area contributed by atoms with Gasteiger partial charge >= 0.3 is 11.9 Å². The summed E-state index contributed by atoms with van der Waals surface area (Å²) in [5.74, 6) is -3.38. The summed E-state index contributed by atoms with van der Waals surface area (Å²) in [6.07, 6.45) is 3.58. The highest BCUT2D eigenvalue weighted by molar-refractivity contribution is 5.84. The van der Waals surface area contributed by atoms with Crippen LogP contribution in [0.1, 0.15) is 50.2 Å². The molecule has 0 radical (unpaired) electrons. The van der Waals surface area contributed by atoms with Gasteiger partial charge < -0.3 is 20.6 Å². The maximum absolute atomic E-state index is 13.1. The normalized spacial score (nSPS) is 28.9. The molecule has 0 saturated carbocycles. The average molecular weight is 463 g/mol. The number of aliphatic carboxylic acids is 2. The summed E-state index contributed by atoms with van der Waals surface area (Å²) in [7, 11) is 0. The molecule has 7 heteroatoms. The molecular weight excluding hydrogens is 432 g/mol. The van der Waals surface area contributed by atoms with E-state index in [1.807, 2.05) is 42.5 Å². The molecule has 34 heavy (non-hydrogen) atoms. The Morgan fingerprint density at radius 1 is 1.03 bits per heavy atom. The van der Waals surface area contributed by atoms with Gasteiger partial charge in [-0.2, -0.15) is 5.26 Å². The Labute approximate surface area is 199 Å². The van der Waals surface area contributed by atoms with Crippen LogP contribution in [0.3, 0.4) is 0 Å². The molecule has 1 aliphatic rings.